The van der Waals surface area contributed by atoms with Gasteiger partial charge in [-0.05, 0) is 41.9 Å². The fourth-order valence-corrected chi connectivity index (χ4v) is 3.87. The van der Waals surface area contributed by atoms with E-state index in [0.29, 0.717) is 0 Å². The highest BCUT2D eigenvalue weighted by molar-refractivity contribution is 9.10. The second-order valence-corrected chi connectivity index (χ2v) is 7.86. The van der Waals surface area contributed by atoms with Crippen molar-refractivity contribution in [2.45, 2.75) is 0 Å². The summed E-state index contributed by atoms with van der Waals surface area (Å²) in [6.45, 7) is 0. The minimum atomic E-state index is -0.303. The number of hydrogen-bond acceptors (Lipinski definition) is 4. The predicted octanol–water partition coefficient (Wildman–Crippen LogP) is 4.76. The predicted molar refractivity (Wildman–Crippen MR) is 105 cm³/mol. The van der Waals surface area contributed by atoms with Gasteiger partial charge < -0.3 is 9.57 Å². The van der Waals surface area contributed by atoms with Crippen LogP contribution in [0.25, 0.3) is 0 Å². The lowest BCUT2D eigenvalue weighted by molar-refractivity contribution is 0.367. The highest BCUT2D eigenvalue weighted by Crippen LogP contribution is 2.30. The van der Waals surface area contributed by atoms with E-state index in [4.69, 9.17) is 16.4 Å². The monoisotopic (exact) mass is 416 g/mol. The minimum absolute atomic E-state index is 0.303. The maximum Gasteiger partial charge on any atom is 0.550 e. The normalized spacial score (nSPS) is 13.8. The molecule has 0 saturated carbocycles. The molecule has 2 aromatic carbocycles. The molecule has 0 N–H and O–H groups in total. The van der Waals surface area contributed by atoms with E-state index in [1.54, 1.807) is 0 Å². The van der Waals surface area contributed by atoms with E-state index in [9.17, 15) is 0 Å². The molecule has 3 aromatic rings. The largest absolute Gasteiger partial charge is 0.550 e. The zero-order valence-corrected chi connectivity index (χ0v) is 15.6. The molecule has 1 aliphatic heterocycles. The quantitative estimate of drug-likeness (QED) is 0.574. The fourth-order valence-electron chi connectivity index (χ4n) is 2.59. The lowest BCUT2D eigenvalue weighted by atomic mass is 9.71. The summed E-state index contributed by atoms with van der Waals surface area (Å²) in [4.78, 5) is 3.06. The Morgan fingerprint density at radius 2 is 1.75 bits per heavy atom. The number of benzene rings is 2. The first-order chi connectivity index (χ1) is 11.7. The fraction of sp³-hybridized carbons (Fsp3) is 0. The van der Waals surface area contributed by atoms with E-state index in [2.05, 4.69) is 25.9 Å². The number of rotatable bonds is 3. The molecule has 0 fully saturated rings. The molecule has 0 amide bonds. The Bertz CT molecular complexity index is 885. The number of thiophene rings is 1. The molecule has 0 aliphatic carbocycles. The van der Waals surface area contributed by atoms with E-state index in [1.165, 1.54) is 11.3 Å². The van der Waals surface area contributed by atoms with Crippen molar-refractivity contribution in [2.75, 3.05) is 4.81 Å². The Balaban J connectivity index is 1.78. The van der Waals surface area contributed by atoms with Gasteiger partial charge in [-0.1, -0.05) is 63.0 Å². The van der Waals surface area contributed by atoms with Crippen molar-refractivity contribution < 1.29 is 4.76 Å². The number of nitrogens with zero attached hydrogens (tertiary/aromatic N) is 2. The van der Waals surface area contributed by atoms with Gasteiger partial charge in [0, 0.05) is 10.2 Å². The molecule has 7 heteroatoms. The Kier molecular flexibility index (Phi) is 4.35. The zero-order chi connectivity index (χ0) is 16.5. The lowest BCUT2D eigenvalue weighted by Gasteiger charge is -2.22. The Labute approximate surface area is 157 Å². The molecule has 1 aliphatic rings. The van der Waals surface area contributed by atoms with Crippen LogP contribution in [0.2, 0.25) is 4.34 Å². The highest BCUT2D eigenvalue weighted by Gasteiger charge is 2.40. The Morgan fingerprint density at radius 1 is 1.00 bits per heavy atom. The summed E-state index contributed by atoms with van der Waals surface area (Å²) in [5.41, 5.74) is 2.05. The van der Waals surface area contributed by atoms with Gasteiger partial charge in [-0.3, -0.25) is 0 Å². The summed E-state index contributed by atoms with van der Waals surface area (Å²) < 4.78 is 7.53. The molecule has 0 bridgehead atoms. The van der Waals surface area contributed by atoms with Crippen molar-refractivity contribution >= 4 is 62.9 Å². The van der Waals surface area contributed by atoms with Gasteiger partial charge in [-0.25, -0.2) is 0 Å². The third-order valence-electron chi connectivity index (χ3n) is 3.68. The highest BCUT2D eigenvalue weighted by atomic mass is 79.9. The number of halogens is 2. The van der Waals surface area contributed by atoms with Gasteiger partial charge in [0.25, 0.3) is 0 Å². The molecule has 118 valence electrons. The van der Waals surface area contributed by atoms with Gasteiger partial charge in [-0.2, -0.15) is 0 Å². The molecular formula is C17H11BBrClN2OS. The van der Waals surface area contributed by atoms with Crippen molar-refractivity contribution in [3.8, 4) is 0 Å². The van der Waals surface area contributed by atoms with Crippen LogP contribution in [0.15, 0.2) is 76.4 Å². The van der Waals surface area contributed by atoms with Crippen LogP contribution in [0.1, 0.15) is 4.88 Å². The topological polar surface area (TPSA) is 24.8 Å². The lowest BCUT2D eigenvalue weighted by Crippen LogP contribution is -2.48. The summed E-state index contributed by atoms with van der Waals surface area (Å²) >= 11 is 11.1. The first-order valence-electron chi connectivity index (χ1n) is 7.31. The third kappa shape index (κ3) is 2.97. The Hall–Kier alpha value is -1.76. The van der Waals surface area contributed by atoms with Crippen molar-refractivity contribution in [1.82, 2.24) is 0 Å². The minimum Gasteiger partial charge on any atom is -0.432 e. The first-order valence-corrected chi connectivity index (χ1v) is 9.30. The number of anilines is 1. The van der Waals surface area contributed by atoms with Gasteiger partial charge in [0.05, 0.1) is 9.21 Å². The molecule has 2 heterocycles. The van der Waals surface area contributed by atoms with Gasteiger partial charge in [0.2, 0.25) is 0 Å². The van der Waals surface area contributed by atoms with Crippen LogP contribution >= 0.6 is 38.9 Å². The summed E-state index contributed by atoms with van der Waals surface area (Å²) in [6.07, 6.45) is 0. The van der Waals surface area contributed by atoms with Crippen molar-refractivity contribution in [2.24, 2.45) is 5.16 Å². The molecule has 3 nitrogen and oxygen atoms in total. The van der Waals surface area contributed by atoms with E-state index in [0.717, 1.165) is 30.7 Å². The SMILES string of the molecule is Clc1ccc(C2=NOB(c3ccccc3)N2c2ccc(Br)cc2)s1. The van der Waals surface area contributed by atoms with Crippen LogP contribution < -0.4 is 10.3 Å². The molecular weight excluding hydrogens is 406 g/mol. The van der Waals surface area contributed by atoms with Crippen molar-refractivity contribution in [1.29, 1.82) is 0 Å². The van der Waals surface area contributed by atoms with Gasteiger partial charge in [-0.15, -0.1) is 11.3 Å². The molecule has 4 rings (SSSR count). The summed E-state index contributed by atoms with van der Waals surface area (Å²) in [5.74, 6) is 0.767. The molecule has 0 radical (unpaired) electrons. The zero-order valence-electron chi connectivity index (χ0n) is 12.4. The van der Waals surface area contributed by atoms with Crippen LogP contribution in [0.3, 0.4) is 0 Å². The van der Waals surface area contributed by atoms with Crippen LogP contribution in [0.4, 0.5) is 5.69 Å². The average molecular weight is 418 g/mol. The first kappa shape index (κ1) is 15.8. The van der Waals surface area contributed by atoms with Crippen molar-refractivity contribution in [3.05, 3.63) is 80.4 Å². The van der Waals surface area contributed by atoms with Gasteiger partial charge >= 0.3 is 7.05 Å². The van der Waals surface area contributed by atoms with E-state index in [-0.39, 0.29) is 7.05 Å². The number of oxime groups is 1. The molecule has 0 spiro atoms. The second kappa shape index (κ2) is 6.63. The molecule has 1 aromatic heterocycles. The smallest absolute Gasteiger partial charge is 0.432 e. The van der Waals surface area contributed by atoms with Crippen LogP contribution in [-0.4, -0.2) is 12.9 Å². The molecule has 0 saturated heterocycles. The van der Waals surface area contributed by atoms with Crippen LogP contribution in [0, 0.1) is 0 Å². The number of hydrogen-bond donors (Lipinski definition) is 0. The van der Waals surface area contributed by atoms with Crippen LogP contribution in [-0.2, 0) is 4.76 Å². The second-order valence-electron chi connectivity index (χ2n) is 5.23. The third-order valence-corrected chi connectivity index (χ3v) is 5.44. The maximum atomic E-state index is 6.10. The molecule has 0 atom stereocenters. The molecule has 0 unspecified atom stereocenters. The summed E-state index contributed by atoms with van der Waals surface area (Å²) in [7, 11) is -0.303. The van der Waals surface area contributed by atoms with E-state index >= 15 is 0 Å². The van der Waals surface area contributed by atoms with Crippen LogP contribution in [0.5, 0.6) is 0 Å². The van der Waals surface area contributed by atoms with Gasteiger partial charge in [0.15, 0.2) is 5.84 Å². The average Bonchev–Trinajstić information content (AvgIpc) is 3.22. The van der Waals surface area contributed by atoms with E-state index < -0.39 is 0 Å². The number of amidine groups is 1. The standard InChI is InChI=1S/C17H11BBrClN2OS/c19-13-6-8-14(9-7-13)22-17(15-10-11-16(20)24-15)21-23-18(22)12-4-2-1-3-5-12/h1-11H. The van der Waals surface area contributed by atoms with Crippen molar-refractivity contribution in [3.63, 3.8) is 0 Å². The van der Waals surface area contributed by atoms with E-state index in [1.807, 2.05) is 66.7 Å². The Morgan fingerprint density at radius 3 is 2.42 bits per heavy atom. The van der Waals surface area contributed by atoms with Gasteiger partial charge in [0.1, 0.15) is 0 Å². The summed E-state index contributed by atoms with van der Waals surface area (Å²) in [5, 5.41) is 4.34. The molecule has 24 heavy (non-hydrogen) atoms. The summed E-state index contributed by atoms with van der Waals surface area (Å²) in [6, 6.07) is 22.0. The maximum absolute atomic E-state index is 6.10.